The lowest BCUT2D eigenvalue weighted by Crippen LogP contribution is -2.49. The molecular formula is C21H27N5O4. The number of methoxy groups -OCH3 is 1. The molecule has 0 bridgehead atoms. The predicted octanol–water partition coefficient (Wildman–Crippen LogP) is 2.41. The fraction of sp³-hybridized carbons (Fsp3) is 0.429. The van der Waals surface area contributed by atoms with Crippen LogP contribution in [0, 0.1) is 0 Å². The number of nitrogens with zero attached hydrogens (tertiary/aromatic N) is 3. The van der Waals surface area contributed by atoms with Gasteiger partial charge in [0.25, 0.3) is 11.8 Å². The second kappa shape index (κ2) is 9.91. The van der Waals surface area contributed by atoms with Crippen LogP contribution in [0.15, 0.2) is 36.5 Å². The number of benzene rings is 1. The van der Waals surface area contributed by atoms with E-state index in [1.165, 1.54) is 13.3 Å². The second-order valence-corrected chi connectivity index (χ2v) is 7.24. The highest BCUT2D eigenvalue weighted by Crippen LogP contribution is 2.23. The quantitative estimate of drug-likeness (QED) is 0.672. The third-order valence-corrected chi connectivity index (χ3v) is 5.09. The highest BCUT2D eigenvalue weighted by atomic mass is 16.5. The monoisotopic (exact) mass is 413 g/mol. The lowest BCUT2D eigenvalue weighted by molar-refractivity contribution is -0.139. The number of hydrogen-bond donors (Lipinski definition) is 2. The van der Waals surface area contributed by atoms with E-state index in [1.807, 2.05) is 4.90 Å². The van der Waals surface area contributed by atoms with Gasteiger partial charge in [0.15, 0.2) is 6.61 Å². The highest BCUT2D eigenvalue weighted by Gasteiger charge is 2.28. The SMILES string of the molecule is COc1ccnc(NNC(=O)c2ccc(OCC(=O)N3C(C)CCCC3C)cc2)n1. The maximum atomic E-state index is 12.5. The van der Waals surface area contributed by atoms with Gasteiger partial charge in [0.2, 0.25) is 11.8 Å². The average molecular weight is 413 g/mol. The Morgan fingerprint density at radius 2 is 1.83 bits per heavy atom. The first-order valence-electron chi connectivity index (χ1n) is 9.95. The fourth-order valence-corrected chi connectivity index (χ4v) is 3.54. The van der Waals surface area contributed by atoms with Gasteiger partial charge in [-0.05, 0) is 57.4 Å². The molecule has 2 unspecified atom stereocenters. The summed E-state index contributed by atoms with van der Waals surface area (Å²) < 4.78 is 10.6. The predicted molar refractivity (Wildman–Crippen MR) is 111 cm³/mol. The third-order valence-electron chi connectivity index (χ3n) is 5.09. The van der Waals surface area contributed by atoms with E-state index in [4.69, 9.17) is 9.47 Å². The van der Waals surface area contributed by atoms with E-state index in [1.54, 1.807) is 30.3 Å². The van der Waals surface area contributed by atoms with Crippen molar-refractivity contribution in [1.29, 1.82) is 0 Å². The van der Waals surface area contributed by atoms with Gasteiger partial charge in [-0.2, -0.15) is 4.98 Å². The molecule has 0 aliphatic carbocycles. The van der Waals surface area contributed by atoms with Crippen LogP contribution in [0.3, 0.4) is 0 Å². The van der Waals surface area contributed by atoms with Gasteiger partial charge in [-0.15, -0.1) is 0 Å². The Kier molecular flexibility index (Phi) is 7.05. The standard InChI is InChI=1S/C21H27N5O4/c1-14-5-4-6-15(2)26(14)19(27)13-30-17-9-7-16(8-10-17)20(28)24-25-21-22-12-11-18(23-21)29-3/h7-12,14-15H,4-6,13H2,1-3H3,(H,24,28)(H,22,23,25). The van der Waals surface area contributed by atoms with Gasteiger partial charge in [-0.3, -0.25) is 20.4 Å². The maximum Gasteiger partial charge on any atom is 0.269 e. The Labute approximate surface area is 175 Å². The summed E-state index contributed by atoms with van der Waals surface area (Å²) >= 11 is 0. The van der Waals surface area contributed by atoms with Crippen molar-refractivity contribution in [2.75, 3.05) is 19.1 Å². The first-order chi connectivity index (χ1) is 14.5. The molecule has 0 saturated carbocycles. The van der Waals surface area contributed by atoms with Gasteiger partial charge in [0.05, 0.1) is 7.11 Å². The summed E-state index contributed by atoms with van der Waals surface area (Å²) in [6, 6.07) is 8.63. The topological polar surface area (TPSA) is 106 Å². The van der Waals surface area contributed by atoms with Gasteiger partial charge >= 0.3 is 0 Å². The van der Waals surface area contributed by atoms with Crippen molar-refractivity contribution in [2.24, 2.45) is 0 Å². The van der Waals surface area contributed by atoms with Crippen molar-refractivity contribution >= 4 is 17.8 Å². The smallest absolute Gasteiger partial charge is 0.269 e. The molecule has 9 nitrogen and oxygen atoms in total. The van der Waals surface area contributed by atoms with E-state index in [-0.39, 0.29) is 36.5 Å². The van der Waals surface area contributed by atoms with Gasteiger partial charge < -0.3 is 14.4 Å². The van der Waals surface area contributed by atoms with Gasteiger partial charge in [-0.25, -0.2) is 4.98 Å². The van der Waals surface area contributed by atoms with Crippen molar-refractivity contribution in [3.63, 3.8) is 0 Å². The molecule has 3 rings (SSSR count). The summed E-state index contributed by atoms with van der Waals surface area (Å²) in [4.78, 5) is 34.8. The number of hydrogen-bond acceptors (Lipinski definition) is 7. The number of carbonyl (C=O) groups excluding carboxylic acids is 2. The number of nitrogens with one attached hydrogen (secondary N) is 2. The van der Waals surface area contributed by atoms with Crippen LogP contribution < -0.4 is 20.3 Å². The molecule has 1 aromatic carbocycles. The minimum Gasteiger partial charge on any atom is -0.484 e. The molecular weight excluding hydrogens is 386 g/mol. The molecule has 1 saturated heterocycles. The summed E-state index contributed by atoms with van der Waals surface area (Å²) in [5.74, 6) is 0.744. The largest absolute Gasteiger partial charge is 0.484 e. The number of anilines is 1. The molecule has 0 radical (unpaired) electrons. The molecule has 1 aromatic heterocycles. The van der Waals surface area contributed by atoms with Crippen molar-refractivity contribution < 1.29 is 19.1 Å². The summed E-state index contributed by atoms with van der Waals surface area (Å²) in [5, 5.41) is 0. The summed E-state index contributed by atoms with van der Waals surface area (Å²) in [7, 11) is 1.50. The lowest BCUT2D eigenvalue weighted by Gasteiger charge is -2.38. The minimum absolute atomic E-state index is 0.0148. The zero-order valence-corrected chi connectivity index (χ0v) is 17.4. The van der Waals surface area contributed by atoms with Crippen molar-refractivity contribution in [3.8, 4) is 11.6 Å². The summed E-state index contributed by atoms with van der Waals surface area (Å²) in [6.45, 7) is 4.13. The number of piperidine rings is 1. The van der Waals surface area contributed by atoms with Crippen LogP contribution in [0.4, 0.5) is 5.95 Å². The Bertz CT molecular complexity index is 864. The molecule has 1 fully saturated rings. The molecule has 2 aromatic rings. The van der Waals surface area contributed by atoms with E-state index < -0.39 is 0 Å². The summed E-state index contributed by atoms with van der Waals surface area (Å²) in [5.41, 5.74) is 5.57. The number of likely N-dealkylation sites (tertiary alicyclic amines) is 1. The Morgan fingerprint density at radius 3 is 2.50 bits per heavy atom. The molecule has 30 heavy (non-hydrogen) atoms. The number of hydrazine groups is 1. The maximum absolute atomic E-state index is 12.5. The summed E-state index contributed by atoms with van der Waals surface area (Å²) in [6.07, 6.45) is 4.71. The third kappa shape index (κ3) is 5.37. The van der Waals surface area contributed by atoms with Crippen LogP contribution in [0.1, 0.15) is 43.5 Å². The van der Waals surface area contributed by atoms with Crippen molar-refractivity contribution in [2.45, 2.75) is 45.2 Å². The van der Waals surface area contributed by atoms with Gasteiger partial charge in [0, 0.05) is 29.9 Å². The number of ether oxygens (including phenoxy) is 2. The van der Waals surface area contributed by atoms with Crippen LogP contribution in [0.25, 0.3) is 0 Å². The molecule has 2 atom stereocenters. The van der Waals surface area contributed by atoms with Crippen LogP contribution in [-0.2, 0) is 4.79 Å². The zero-order chi connectivity index (χ0) is 21.5. The number of amides is 2. The molecule has 9 heteroatoms. The molecule has 2 N–H and O–H groups in total. The highest BCUT2D eigenvalue weighted by molar-refractivity contribution is 5.94. The molecule has 2 heterocycles. The Morgan fingerprint density at radius 1 is 1.13 bits per heavy atom. The molecule has 1 aliphatic rings. The van der Waals surface area contributed by atoms with Crippen LogP contribution >= 0.6 is 0 Å². The number of rotatable bonds is 7. The van der Waals surface area contributed by atoms with Crippen LogP contribution in [-0.4, -0.2) is 52.5 Å². The lowest BCUT2D eigenvalue weighted by atomic mass is 9.97. The normalized spacial score (nSPS) is 18.4. The van der Waals surface area contributed by atoms with Gasteiger partial charge in [0.1, 0.15) is 5.75 Å². The molecule has 160 valence electrons. The Hall–Kier alpha value is -3.36. The van der Waals surface area contributed by atoms with Gasteiger partial charge in [-0.1, -0.05) is 0 Å². The first kappa shape index (κ1) is 21.4. The van der Waals surface area contributed by atoms with E-state index in [9.17, 15) is 9.59 Å². The van der Waals surface area contributed by atoms with Crippen LogP contribution in [0.2, 0.25) is 0 Å². The average Bonchev–Trinajstić information content (AvgIpc) is 2.76. The molecule has 2 amide bonds. The van der Waals surface area contributed by atoms with Crippen molar-refractivity contribution in [3.05, 3.63) is 42.1 Å². The zero-order valence-electron chi connectivity index (χ0n) is 17.4. The molecule has 1 aliphatic heterocycles. The Balaban J connectivity index is 1.50. The second-order valence-electron chi connectivity index (χ2n) is 7.24. The first-order valence-corrected chi connectivity index (χ1v) is 9.95. The fourth-order valence-electron chi connectivity index (χ4n) is 3.54. The number of carbonyl (C=O) groups is 2. The van der Waals surface area contributed by atoms with E-state index in [0.717, 1.165) is 19.3 Å². The van der Waals surface area contributed by atoms with E-state index in [2.05, 4.69) is 34.7 Å². The van der Waals surface area contributed by atoms with Crippen LogP contribution in [0.5, 0.6) is 11.6 Å². The van der Waals surface area contributed by atoms with E-state index in [0.29, 0.717) is 17.2 Å². The molecule has 0 spiro atoms. The van der Waals surface area contributed by atoms with Crippen molar-refractivity contribution in [1.82, 2.24) is 20.3 Å². The number of aromatic nitrogens is 2. The van der Waals surface area contributed by atoms with E-state index >= 15 is 0 Å². The minimum atomic E-state index is -0.361.